The lowest BCUT2D eigenvalue weighted by molar-refractivity contribution is -0.130. The van der Waals surface area contributed by atoms with Crippen molar-refractivity contribution in [3.05, 3.63) is 63.1 Å². The number of hydrogen-bond acceptors (Lipinski definition) is 3. The molecule has 4 rings (SSSR count). The normalized spacial score (nSPS) is 17.4. The van der Waals surface area contributed by atoms with Gasteiger partial charge in [-0.3, -0.25) is 4.79 Å². The molecule has 3 nitrogen and oxygen atoms in total. The molecule has 2 fully saturated rings. The summed E-state index contributed by atoms with van der Waals surface area (Å²) in [6.07, 6.45) is 7.05. The highest BCUT2D eigenvalue weighted by Crippen LogP contribution is 2.36. The number of halogens is 1. The summed E-state index contributed by atoms with van der Waals surface area (Å²) in [7, 11) is 0. The lowest BCUT2D eigenvalue weighted by atomic mass is 9.91. The molecule has 0 bridgehead atoms. The first-order valence-electron chi connectivity index (χ1n) is 11.7. The fourth-order valence-electron chi connectivity index (χ4n) is 4.70. The van der Waals surface area contributed by atoms with Crippen LogP contribution < -0.4 is 0 Å². The first-order valence-corrected chi connectivity index (χ1v) is 12.6. The number of carbonyl (C=O) groups excluding carboxylic acids is 1. The van der Waals surface area contributed by atoms with Crippen molar-refractivity contribution in [3.8, 4) is 0 Å². The summed E-state index contributed by atoms with van der Waals surface area (Å²) < 4.78 is 13.5. The van der Waals surface area contributed by atoms with E-state index in [4.69, 9.17) is 0 Å². The molecule has 2 aliphatic rings. The van der Waals surface area contributed by atoms with Crippen LogP contribution in [-0.4, -0.2) is 48.4 Å². The molecule has 1 aromatic carbocycles. The third-order valence-electron chi connectivity index (χ3n) is 6.58. The Labute approximate surface area is 189 Å². The minimum Gasteiger partial charge on any atom is -0.343 e. The van der Waals surface area contributed by atoms with Crippen LogP contribution in [-0.2, 0) is 11.2 Å². The molecule has 0 spiro atoms. The second-order valence-electron chi connectivity index (χ2n) is 8.69. The van der Waals surface area contributed by atoms with Crippen molar-refractivity contribution in [2.24, 2.45) is 0 Å². The summed E-state index contributed by atoms with van der Waals surface area (Å²) in [4.78, 5) is 18.1. The van der Waals surface area contributed by atoms with Gasteiger partial charge in [0.2, 0.25) is 5.91 Å². The van der Waals surface area contributed by atoms with E-state index < -0.39 is 0 Å². The molecule has 2 saturated heterocycles. The average molecular weight is 441 g/mol. The summed E-state index contributed by atoms with van der Waals surface area (Å²) in [5.41, 5.74) is 5.25. The second-order valence-corrected chi connectivity index (χ2v) is 9.60. The highest BCUT2D eigenvalue weighted by molar-refractivity contribution is 7.11. The smallest absolute Gasteiger partial charge is 0.222 e. The quantitative estimate of drug-likeness (QED) is 0.547. The average Bonchev–Trinajstić information content (AvgIpc) is 3.49. The van der Waals surface area contributed by atoms with Gasteiger partial charge < -0.3 is 9.80 Å². The standard InChI is InChI=1S/C26H33FN2OS/c1-2-20-18-24(31-19-20)26(21-7-9-23(27)10-8-21)22-11-16-28(17-12-22)13-5-6-25(30)29-14-3-4-15-29/h7-10,18-19H,2-6,11-17H2,1H3. The number of piperidine rings is 1. The van der Waals surface area contributed by atoms with Crippen LogP contribution in [0.5, 0.6) is 0 Å². The van der Waals surface area contributed by atoms with Gasteiger partial charge >= 0.3 is 0 Å². The molecule has 1 aromatic heterocycles. The van der Waals surface area contributed by atoms with Gasteiger partial charge in [-0.05, 0) is 85.3 Å². The van der Waals surface area contributed by atoms with Gasteiger partial charge in [0.1, 0.15) is 5.82 Å². The number of amides is 1. The van der Waals surface area contributed by atoms with Crippen molar-refractivity contribution in [3.63, 3.8) is 0 Å². The number of hydrogen-bond donors (Lipinski definition) is 0. The lowest BCUT2D eigenvalue weighted by Crippen LogP contribution is -2.33. The molecule has 0 aliphatic carbocycles. The molecule has 5 heteroatoms. The minimum atomic E-state index is -0.188. The lowest BCUT2D eigenvalue weighted by Gasteiger charge is -2.30. The third kappa shape index (κ3) is 5.64. The van der Waals surface area contributed by atoms with Gasteiger partial charge in [-0.2, -0.15) is 0 Å². The molecule has 1 amide bonds. The van der Waals surface area contributed by atoms with E-state index in [0.29, 0.717) is 12.3 Å². The molecule has 2 aromatic rings. The third-order valence-corrected chi connectivity index (χ3v) is 7.57. The maximum absolute atomic E-state index is 13.5. The summed E-state index contributed by atoms with van der Waals surface area (Å²) in [5, 5.41) is 2.24. The number of nitrogens with zero attached hydrogens (tertiary/aromatic N) is 2. The van der Waals surface area contributed by atoms with Gasteiger partial charge in [-0.25, -0.2) is 4.39 Å². The van der Waals surface area contributed by atoms with Crippen molar-refractivity contribution < 1.29 is 9.18 Å². The van der Waals surface area contributed by atoms with E-state index in [9.17, 15) is 9.18 Å². The first kappa shape index (κ1) is 22.2. The van der Waals surface area contributed by atoms with Crippen molar-refractivity contribution >= 4 is 22.8 Å². The maximum Gasteiger partial charge on any atom is 0.222 e. The van der Waals surface area contributed by atoms with Gasteiger partial charge in [0.25, 0.3) is 0 Å². The van der Waals surface area contributed by atoms with Crippen LogP contribution in [0.4, 0.5) is 4.39 Å². The SMILES string of the molecule is CCc1csc(C(=C2CCN(CCCC(=O)N3CCCC3)CC2)c2ccc(F)cc2)c1. The van der Waals surface area contributed by atoms with Crippen LogP contribution in [0.1, 0.15) is 61.5 Å². The van der Waals surface area contributed by atoms with Crippen LogP contribution in [0, 0.1) is 5.82 Å². The highest BCUT2D eigenvalue weighted by Gasteiger charge is 2.21. The van der Waals surface area contributed by atoms with Crippen LogP contribution in [0.2, 0.25) is 0 Å². The number of aryl methyl sites for hydroxylation is 1. The summed E-state index contributed by atoms with van der Waals surface area (Å²) in [5.74, 6) is 0.143. The monoisotopic (exact) mass is 440 g/mol. The van der Waals surface area contributed by atoms with Gasteiger partial charge in [-0.1, -0.05) is 24.6 Å². The van der Waals surface area contributed by atoms with Crippen molar-refractivity contribution in [1.29, 1.82) is 0 Å². The van der Waals surface area contributed by atoms with Crippen molar-refractivity contribution in [2.75, 3.05) is 32.7 Å². The van der Waals surface area contributed by atoms with Crippen LogP contribution >= 0.6 is 11.3 Å². The molecule has 31 heavy (non-hydrogen) atoms. The minimum absolute atomic E-state index is 0.188. The fourth-order valence-corrected chi connectivity index (χ4v) is 5.82. The molecule has 3 heterocycles. The number of benzene rings is 1. The molecule has 0 radical (unpaired) electrons. The molecule has 2 aliphatic heterocycles. The fraction of sp³-hybridized carbons (Fsp3) is 0.500. The molecular weight excluding hydrogens is 407 g/mol. The Hall–Kier alpha value is -1.98. The number of likely N-dealkylation sites (tertiary alicyclic amines) is 2. The summed E-state index contributed by atoms with van der Waals surface area (Å²) in [6.45, 7) is 7.14. The Balaban J connectivity index is 1.40. The molecule has 0 atom stereocenters. The zero-order valence-electron chi connectivity index (χ0n) is 18.5. The first-order chi connectivity index (χ1) is 15.1. The van der Waals surface area contributed by atoms with E-state index in [-0.39, 0.29) is 5.82 Å². The van der Waals surface area contributed by atoms with E-state index in [0.717, 1.165) is 76.8 Å². The zero-order valence-corrected chi connectivity index (χ0v) is 19.4. The van der Waals surface area contributed by atoms with E-state index in [1.54, 1.807) is 23.5 Å². The Morgan fingerprint density at radius 1 is 1.06 bits per heavy atom. The topological polar surface area (TPSA) is 23.6 Å². The van der Waals surface area contributed by atoms with E-state index in [1.165, 1.54) is 21.6 Å². The maximum atomic E-state index is 13.5. The van der Waals surface area contributed by atoms with E-state index in [2.05, 4.69) is 23.3 Å². The number of thiophene rings is 1. The summed E-state index contributed by atoms with van der Waals surface area (Å²) >= 11 is 1.80. The zero-order chi connectivity index (χ0) is 21.6. The highest BCUT2D eigenvalue weighted by atomic mass is 32.1. The number of rotatable bonds is 7. The Morgan fingerprint density at radius 2 is 1.77 bits per heavy atom. The Kier molecular flexibility index (Phi) is 7.57. The Morgan fingerprint density at radius 3 is 2.42 bits per heavy atom. The molecule has 0 saturated carbocycles. The largest absolute Gasteiger partial charge is 0.343 e. The predicted octanol–water partition coefficient (Wildman–Crippen LogP) is 5.75. The van der Waals surface area contributed by atoms with E-state index in [1.807, 2.05) is 17.0 Å². The molecular formula is C26H33FN2OS. The number of carbonyl (C=O) groups is 1. The van der Waals surface area contributed by atoms with Crippen LogP contribution in [0.25, 0.3) is 5.57 Å². The van der Waals surface area contributed by atoms with Gasteiger partial charge in [0.15, 0.2) is 0 Å². The van der Waals surface area contributed by atoms with Gasteiger partial charge in [0.05, 0.1) is 0 Å². The van der Waals surface area contributed by atoms with Crippen LogP contribution in [0.3, 0.4) is 0 Å². The second kappa shape index (κ2) is 10.6. The Bertz CT molecular complexity index is 902. The van der Waals surface area contributed by atoms with Gasteiger partial charge in [0, 0.05) is 37.5 Å². The molecule has 0 unspecified atom stereocenters. The van der Waals surface area contributed by atoms with Crippen LogP contribution in [0.15, 0.2) is 41.3 Å². The van der Waals surface area contributed by atoms with Crippen molar-refractivity contribution in [1.82, 2.24) is 9.80 Å². The molecule has 166 valence electrons. The van der Waals surface area contributed by atoms with Crippen molar-refractivity contribution in [2.45, 2.75) is 51.9 Å². The van der Waals surface area contributed by atoms with E-state index >= 15 is 0 Å². The van der Waals surface area contributed by atoms with Gasteiger partial charge in [-0.15, -0.1) is 11.3 Å². The summed E-state index contributed by atoms with van der Waals surface area (Å²) in [6, 6.07) is 9.26. The molecule has 0 N–H and O–H groups in total. The predicted molar refractivity (Wildman–Crippen MR) is 127 cm³/mol.